The Morgan fingerprint density at radius 3 is 2.72 bits per heavy atom. The van der Waals surface area contributed by atoms with E-state index in [4.69, 9.17) is 0 Å². The molecule has 0 aliphatic carbocycles. The number of benzene rings is 3. The Labute approximate surface area is 208 Å². The number of aromatic nitrogens is 2. The molecule has 5 aromatic rings. The van der Waals surface area contributed by atoms with Crippen molar-refractivity contribution >= 4 is 33.7 Å². The minimum Gasteiger partial charge on any atom is -0.390 e. The summed E-state index contributed by atoms with van der Waals surface area (Å²) in [5, 5.41) is 16.1. The summed E-state index contributed by atoms with van der Waals surface area (Å²) < 4.78 is 15.4. The molecule has 5 nitrogen and oxygen atoms in total. The van der Waals surface area contributed by atoms with Gasteiger partial charge in [0.1, 0.15) is 5.82 Å². The lowest BCUT2D eigenvalue weighted by molar-refractivity contribution is 0.104. The Morgan fingerprint density at radius 1 is 1.06 bits per heavy atom. The third-order valence-corrected chi connectivity index (χ3v) is 6.38. The average molecular weight is 482 g/mol. The van der Waals surface area contributed by atoms with Gasteiger partial charge in [0.15, 0.2) is 5.78 Å². The number of aliphatic hydroxyl groups excluding tert-OH is 1. The van der Waals surface area contributed by atoms with Crippen LogP contribution >= 0.6 is 0 Å². The van der Waals surface area contributed by atoms with E-state index in [1.54, 1.807) is 24.3 Å². The first kappa shape index (κ1) is 23.7. The second-order valence-corrected chi connectivity index (χ2v) is 8.93. The minimum atomic E-state index is -0.583. The number of hydrogen-bond acceptors (Lipinski definition) is 3. The molecule has 0 bridgehead atoms. The number of aromatic amines is 1. The molecule has 0 radical (unpaired) electrons. The molecule has 0 saturated carbocycles. The van der Waals surface area contributed by atoms with Crippen LogP contribution in [0.25, 0.3) is 27.9 Å². The van der Waals surface area contributed by atoms with Crippen LogP contribution in [0, 0.1) is 5.82 Å². The zero-order valence-electron chi connectivity index (χ0n) is 19.8. The van der Waals surface area contributed by atoms with Crippen molar-refractivity contribution in [1.29, 1.82) is 0 Å². The van der Waals surface area contributed by atoms with Gasteiger partial charge in [-0.25, -0.2) is 4.39 Å². The number of hydrogen-bond donors (Lipinski definition) is 3. The summed E-state index contributed by atoms with van der Waals surface area (Å²) in [4.78, 5) is 15.6. The molecule has 182 valence electrons. The minimum absolute atomic E-state index is 0.0444. The Bertz CT molecular complexity index is 1520. The number of carbonyl (C=O) groups is 1. The zero-order chi connectivity index (χ0) is 24.9. The predicted octanol–water partition coefficient (Wildman–Crippen LogP) is 5.35. The van der Waals surface area contributed by atoms with Crippen molar-refractivity contribution in [2.45, 2.75) is 19.1 Å². The van der Waals surface area contributed by atoms with Gasteiger partial charge >= 0.3 is 0 Å². The van der Waals surface area contributed by atoms with Crippen molar-refractivity contribution in [2.75, 3.05) is 13.1 Å². The number of carbonyl (C=O) groups excluding carboxylic acids is 1. The van der Waals surface area contributed by atoms with Crippen LogP contribution in [0.3, 0.4) is 0 Å². The van der Waals surface area contributed by atoms with Crippen molar-refractivity contribution in [3.05, 3.63) is 114 Å². The standard InChI is InChI=1S/C30H28FN3O2/c31-24-11-12-26-22(17-33-28(26)16-24)14-15-32-18-25(35)20-34-19-23(27-8-4-5-9-29(27)34)10-13-30(36)21-6-2-1-3-7-21/h1-13,16-17,19,25,32-33,35H,14-15,18,20H2/b13-10+/t25-/m0/s1. The molecule has 3 aromatic carbocycles. The third kappa shape index (κ3) is 5.30. The fraction of sp³-hybridized carbons (Fsp3) is 0.167. The second kappa shape index (κ2) is 10.7. The molecule has 1 atom stereocenters. The van der Waals surface area contributed by atoms with Crippen LogP contribution in [0.2, 0.25) is 0 Å². The highest BCUT2D eigenvalue weighted by molar-refractivity contribution is 6.07. The topological polar surface area (TPSA) is 70.1 Å². The third-order valence-electron chi connectivity index (χ3n) is 6.38. The Kier molecular flexibility index (Phi) is 7.07. The van der Waals surface area contributed by atoms with E-state index in [9.17, 15) is 14.3 Å². The lowest BCUT2D eigenvalue weighted by Gasteiger charge is -2.13. The normalized spacial score (nSPS) is 12.6. The zero-order valence-corrected chi connectivity index (χ0v) is 19.8. The van der Waals surface area contributed by atoms with Crippen molar-refractivity contribution in [3.63, 3.8) is 0 Å². The monoisotopic (exact) mass is 481 g/mol. The fourth-order valence-electron chi connectivity index (χ4n) is 4.57. The summed E-state index contributed by atoms with van der Waals surface area (Å²) in [6.07, 6.45) is 7.51. The van der Waals surface area contributed by atoms with E-state index in [-0.39, 0.29) is 11.6 Å². The van der Waals surface area contributed by atoms with E-state index in [0.717, 1.165) is 39.4 Å². The number of allylic oxidation sites excluding steroid dienone is 1. The SMILES string of the molecule is O=C(/C=C/c1cn(C[C@@H](O)CNCCc2c[nH]c3cc(F)ccc23)c2ccccc12)c1ccccc1. The average Bonchev–Trinajstić information content (AvgIpc) is 3.46. The van der Waals surface area contributed by atoms with Crippen LogP contribution in [0.5, 0.6) is 0 Å². The van der Waals surface area contributed by atoms with Gasteiger partial charge in [0.25, 0.3) is 0 Å². The molecule has 5 rings (SSSR count). The van der Waals surface area contributed by atoms with Crippen LogP contribution in [-0.4, -0.2) is 39.6 Å². The maximum Gasteiger partial charge on any atom is 0.185 e. The van der Waals surface area contributed by atoms with E-state index in [0.29, 0.717) is 25.2 Å². The molecule has 3 N–H and O–H groups in total. The van der Waals surface area contributed by atoms with Crippen molar-refractivity contribution in [1.82, 2.24) is 14.9 Å². The van der Waals surface area contributed by atoms with Crippen molar-refractivity contribution in [2.24, 2.45) is 0 Å². The number of halogens is 1. The van der Waals surface area contributed by atoms with Gasteiger partial charge < -0.3 is 20.0 Å². The first-order valence-electron chi connectivity index (χ1n) is 12.1. The summed E-state index contributed by atoms with van der Waals surface area (Å²) in [6.45, 7) is 1.57. The van der Waals surface area contributed by atoms with Crippen LogP contribution in [0.15, 0.2) is 91.3 Å². The first-order chi connectivity index (χ1) is 17.6. The smallest absolute Gasteiger partial charge is 0.185 e. The Balaban J connectivity index is 1.20. The molecule has 2 aromatic heterocycles. The van der Waals surface area contributed by atoms with Gasteiger partial charge in [0, 0.05) is 58.4 Å². The summed E-state index contributed by atoms with van der Waals surface area (Å²) >= 11 is 0. The molecule has 2 heterocycles. The van der Waals surface area contributed by atoms with Crippen LogP contribution < -0.4 is 5.32 Å². The lowest BCUT2D eigenvalue weighted by atomic mass is 10.1. The van der Waals surface area contributed by atoms with Crippen LogP contribution in [0.1, 0.15) is 21.5 Å². The highest BCUT2D eigenvalue weighted by atomic mass is 19.1. The highest BCUT2D eigenvalue weighted by Crippen LogP contribution is 2.23. The Morgan fingerprint density at radius 2 is 1.86 bits per heavy atom. The molecule has 0 unspecified atom stereocenters. The van der Waals surface area contributed by atoms with Gasteiger partial charge in [-0.1, -0.05) is 48.5 Å². The number of nitrogens with one attached hydrogen (secondary N) is 2. The van der Waals surface area contributed by atoms with Crippen molar-refractivity contribution < 1.29 is 14.3 Å². The maximum atomic E-state index is 13.4. The molecule has 0 fully saturated rings. The summed E-state index contributed by atoms with van der Waals surface area (Å²) in [6, 6.07) is 21.9. The predicted molar refractivity (Wildman–Crippen MR) is 143 cm³/mol. The largest absolute Gasteiger partial charge is 0.390 e. The lowest BCUT2D eigenvalue weighted by Crippen LogP contribution is -2.31. The van der Waals surface area contributed by atoms with Gasteiger partial charge in [-0.15, -0.1) is 0 Å². The van der Waals surface area contributed by atoms with Gasteiger partial charge in [-0.05, 0) is 54.9 Å². The second-order valence-electron chi connectivity index (χ2n) is 8.93. The van der Waals surface area contributed by atoms with Gasteiger partial charge in [-0.3, -0.25) is 4.79 Å². The molecule has 36 heavy (non-hydrogen) atoms. The van der Waals surface area contributed by atoms with E-state index < -0.39 is 6.10 Å². The van der Waals surface area contributed by atoms with E-state index in [1.165, 1.54) is 12.1 Å². The number of rotatable bonds is 10. The molecule has 6 heteroatoms. The quantitative estimate of drug-likeness (QED) is 0.143. The molecular formula is C30H28FN3O2. The fourth-order valence-corrected chi connectivity index (χ4v) is 4.57. The number of para-hydroxylation sites is 1. The Hall–Kier alpha value is -4.00. The summed E-state index contributed by atoms with van der Waals surface area (Å²) in [5.41, 5.74) is 4.50. The first-order valence-corrected chi connectivity index (χ1v) is 12.1. The number of fused-ring (bicyclic) bond motifs is 2. The summed E-state index contributed by atoms with van der Waals surface area (Å²) in [5.74, 6) is -0.298. The maximum absolute atomic E-state index is 13.4. The number of H-pyrrole nitrogens is 1. The van der Waals surface area contributed by atoms with Crippen molar-refractivity contribution in [3.8, 4) is 0 Å². The molecule has 0 aliphatic heterocycles. The molecule has 0 saturated heterocycles. The van der Waals surface area contributed by atoms with Crippen LogP contribution in [0.4, 0.5) is 4.39 Å². The number of nitrogens with zero attached hydrogens (tertiary/aromatic N) is 1. The van der Waals surface area contributed by atoms with Gasteiger partial charge in [0.05, 0.1) is 6.10 Å². The molecule has 0 spiro atoms. The number of aliphatic hydroxyl groups is 1. The molecule has 0 aliphatic rings. The van der Waals surface area contributed by atoms with Gasteiger partial charge in [-0.2, -0.15) is 0 Å². The molecule has 0 amide bonds. The van der Waals surface area contributed by atoms with Crippen LogP contribution in [-0.2, 0) is 13.0 Å². The molecular weight excluding hydrogens is 453 g/mol. The van der Waals surface area contributed by atoms with E-state index in [2.05, 4.69) is 10.3 Å². The summed E-state index contributed by atoms with van der Waals surface area (Å²) in [7, 11) is 0. The van der Waals surface area contributed by atoms with Gasteiger partial charge in [0.2, 0.25) is 0 Å². The van der Waals surface area contributed by atoms with E-state index in [1.807, 2.05) is 65.5 Å². The highest BCUT2D eigenvalue weighted by Gasteiger charge is 2.11. The number of ketones is 1. The van der Waals surface area contributed by atoms with E-state index >= 15 is 0 Å².